The van der Waals surface area contributed by atoms with Gasteiger partial charge in [-0.25, -0.2) is 17.9 Å². The summed E-state index contributed by atoms with van der Waals surface area (Å²) in [7, 11) is 0. The van der Waals surface area contributed by atoms with Crippen LogP contribution in [-0.2, 0) is 16.1 Å². The minimum Gasteiger partial charge on any atom is -0.394 e. The molecule has 218 valence electrons. The highest BCUT2D eigenvalue weighted by Crippen LogP contribution is 2.35. The van der Waals surface area contributed by atoms with Crippen LogP contribution in [0.15, 0.2) is 42.6 Å². The number of nitrogens with zero attached hydrogens (tertiary/aromatic N) is 3. The molecule has 3 aromatic rings. The molecule has 0 aliphatic carbocycles. The van der Waals surface area contributed by atoms with Crippen LogP contribution in [0.5, 0.6) is 0 Å². The molecule has 2 heterocycles. The Labute approximate surface area is 233 Å². The van der Waals surface area contributed by atoms with Crippen LogP contribution in [0, 0.1) is 23.4 Å². The van der Waals surface area contributed by atoms with E-state index in [1.165, 1.54) is 6.20 Å². The number of aliphatic hydroxyl groups excluding tert-OH is 4. The summed E-state index contributed by atoms with van der Waals surface area (Å²) < 4.78 is 54.0. The molecule has 4 N–H and O–H groups in total. The maximum Gasteiger partial charge on any atom is 0.194 e. The zero-order chi connectivity index (χ0) is 29.1. The average Bonchev–Trinajstić information content (AvgIpc) is 3.38. The van der Waals surface area contributed by atoms with Crippen molar-refractivity contribution in [3.63, 3.8) is 0 Å². The van der Waals surface area contributed by atoms with E-state index in [-0.39, 0.29) is 23.8 Å². The summed E-state index contributed by atoms with van der Waals surface area (Å²) >= 11 is 5.96. The SMILES string of the molecule is CC(C)C[C@@H](O)[C@@H](OCc1ccc(Cl)cc1)[C@@H]1OC(CO)[C@H](O)[C@H](n2cc(-c3cc(F)c(F)c(F)c3)nn2)C1O. The number of aromatic nitrogens is 3. The van der Waals surface area contributed by atoms with Crippen LogP contribution < -0.4 is 0 Å². The number of ether oxygens (including phenoxy) is 2. The number of halogens is 4. The van der Waals surface area contributed by atoms with Crippen molar-refractivity contribution in [1.82, 2.24) is 15.0 Å². The standard InChI is InChI=1S/C27H31ClF3N3O6/c1-13(2)7-20(36)26(39-12-14-3-5-16(28)6-4-14)27-25(38)23(24(37)21(11-35)40-27)34-10-19(32-33-34)15-8-17(29)22(31)18(30)9-15/h3-6,8-10,13,20-21,23-27,35-38H,7,11-12H2,1-2H3/t20-,21?,23+,24+,25?,26-,27-/m1/s1. The quantitative estimate of drug-likeness (QED) is 0.267. The highest BCUT2D eigenvalue weighted by molar-refractivity contribution is 6.30. The Morgan fingerprint density at radius 2 is 1.73 bits per heavy atom. The van der Waals surface area contributed by atoms with E-state index < -0.39 is 66.7 Å². The molecule has 0 saturated carbocycles. The van der Waals surface area contributed by atoms with E-state index in [1.807, 2.05) is 13.8 Å². The van der Waals surface area contributed by atoms with E-state index in [9.17, 15) is 33.6 Å². The lowest BCUT2D eigenvalue weighted by molar-refractivity contribution is -0.250. The Balaban J connectivity index is 1.65. The number of hydrogen-bond donors (Lipinski definition) is 4. The summed E-state index contributed by atoms with van der Waals surface area (Å²) in [4.78, 5) is 0. The van der Waals surface area contributed by atoms with Gasteiger partial charge in [0, 0.05) is 10.6 Å². The van der Waals surface area contributed by atoms with Crippen LogP contribution in [0.4, 0.5) is 13.2 Å². The third-order valence-electron chi connectivity index (χ3n) is 6.80. The highest BCUT2D eigenvalue weighted by atomic mass is 35.5. The van der Waals surface area contributed by atoms with Crippen molar-refractivity contribution < 1.29 is 43.1 Å². The molecular weight excluding hydrogens is 555 g/mol. The second-order valence-electron chi connectivity index (χ2n) is 10.2. The largest absolute Gasteiger partial charge is 0.394 e. The first-order valence-electron chi connectivity index (χ1n) is 12.7. The fourth-order valence-corrected chi connectivity index (χ4v) is 4.91. The second-order valence-corrected chi connectivity index (χ2v) is 10.7. The predicted octanol–water partition coefficient (Wildman–Crippen LogP) is 3.03. The highest BCUT2D eigenvalue weighted by Gasteiger charge is 2.50. The molecule has 0 bridgehead atoms. The lowest BCUT2D eigenvalue weighted by atomic mass is 9.87. The zero-order valence-corrected chi connectivity index (χ0v) is 22.5. The predicted molar refractivity (Wildman–Crippen MR) is 138 cm³/mol. The summed E-state index contributed by atoms with van der Waals surface area (Å²) in [5.41, 5.74) is 0.563. The molecule has 1 aliphatic rings. The summed E-state index contributed by atoms with van der Waals surface area (Å²) in [5.74, 6) is -4.42. The lowest BCUT2D eigenvalue weighted by Crippen LogP contribution is -2.61. The maximum absolute atomic E-state index is 13.8. The van der Waals surface area contributed by atoms with E-state index in [0.29, 0.717) is 11.4 Å². The third kappa shape index (κ3) is 6.65. The van der Waals surface area contributed by atoms with Crippen LogP contribution in [0.2, 0.25) is 5.02 Å². The Bertz CT molecular complexity index is 1260. The van der Waals surface area contributed by atoms with Gasteiger partial charge in [-0.05, 0) is 42.2 Å². The fraction of sp³-hybridized carbons (Fsp3) is 0.481. The summed E-state index contributed by atoms with van der Waals surface area (Å²) in [6, 6.07) is 7.07. The number of hydrogen-bond acceptors (Lipinski definition) is 8. The fourth-order valence-electron chi connectivity index (χ4n) is 4.79. The number of benzene rings is 2. The topological polar surface area (TPSA) is 130 Å². The first-order valence-corrected chi connectivity index (χ1v) is 13.1. The first kappa shape index (κ1) is 30.4. The van der Waals surface area contributed by atoms with E-state index in [1.54, 1.807) is 24.3 Å². The van der Waals surface area contributed by atoms with Crippen LogP contribution in [-0.4, -0.2) is 78.7 Å². The van der Waals surface area contributed by atoms with Gasteiger partial charge in [0.05, 0.1) is 25.5 Å². The smallest absolute Gasteiger partial charge is 0.194 e. The van der Waals surface area contributed by atoms with E-state index in [0.717, 1.165) is 22.4 Å². The summed E-state index contributed by atoms with van der Waals surface area (Å²) in [5, 5.41) is 51.7. The van der Waals surface area contributed by atoms with Gasteiger partial charge in [0.25, 0.3) is 0 Å². The van der Waals surface area contributed by atoms with Crippen LogP contribution in [0.1, 0.15) is 31.9 Å². The normalized spacial score (nSPS) is 24.8. The Kier molecular flexibility index (Phi) is 9.83. The van der Waals surface area contributed by atoms with E-state index in [2.05, 4.69) is 10.3 Å². The van der Waals surface area contributed by atoms with Gasteiger partial charge < -0.3 is 29.9 Å². The van der Waals surface area contributed by atoms with Crippen molar-refractivity contribution in [2.45, 2.75) is 69.5 Å². The summed E-state index contributed by atoms with van der Waals surface area (Å²) in [6.45, 7) is 3.20. The molecule has 7 atom stereocenters. The molecule has 0 spiro atoms. The molecule has 13 heteroatoms. The first-order chi connectivity index (χ1) is 19.0. The third-order valence-corrected chi connectivity index (χ3v) is 7.05. The minimum atomic E-state index is -1.63. The van der Waals surface area contributed by atoms with Gasteiger partial charge in [0.2, 0.25) is 0 Å². The van der Waals surface area contributed by atoms with Crippen molar-refractivity contribution in [2.75, 3.05) is 6.61 Å². The number of rotatable bonds is 10. The van der Waals surface area contributed by atoms with Crippen molar-refractivity contribution in [1.29, 1.82) is 0 Å². The van der Waals surface area contributed by atoms with Crippen molar-refractivity contribution in [3.05, 3.63) is 70.6 Å². The van der Waals surface area contributed by atoms with Crippen molar-refractivity contribution >= 4 is 11.6 Å². The average molecular weight is 586 g/mol. The number of aliphatic hydroxyl groups is 4. The minimum absolute atomic E-state index is 0.0375. The van der Waals surface area contributed by atoms with Gasteiger partial charge in [-0.2, -0.15) is 0 Å². The Hall–Kier alpha value is -2.58. The van der Waals surface area contributed by atoms with Crippen LogP contribution in [0.25, 0.3) is 11.3 Å². The molecule has 4 rings (SSSR count). The van der Waals surface area contributed by atoms with Gasteiger partial charge in [0.1, 0.15) is 42.3 Å². The molecule has 0 amide bonds. The molecule has 2 aromatic carbocycles. The summed E-state index contributed by atoms with van der Waals surface area (Å²) in [6.07, 6.45) is -6.16. The Morgan fingerprint density at radius 3 is 2.33 bits per heavy atom. The molecule has 1 aromatic heterocycles. The maximum atomic E-state index is 13.8. The van der Waals surface area contributed by atoms with Crippen molar-refractivity contribution in [3.8, 4) is 11.3 Å². The lowest BCUT2D eigenvalue weighted by Gasteiger charge is -2.45. The molecule has 1 fully saturated rings. The van der Waals surface area contributed by atoms with Gasteiger partial charge in [-0.3, -0.25) is 0 Å². The molecule has 0 radical (unpaired) electrons. The molecular formula is C27H31ClF3N3O6. The second kappa shape index (κ2) is 12.9. The van der Waals surface area contributed by atoms with Gasteiger partial charge in [0.15, 0.2) is 17.5 Å². The van der Waals surface area contributed by atoms with Gasteiger partial charge in [-0.1, -0.05) is 42.8 Å². The molecule has 2 unspecified atom stereocenters. The molecule has 40 heavy (non-hydrogen) atoms. The molecule has 1 aliphatic heterocycles. The van der Waals surface area contributed by atoms with Gasteiger partial charge in [-0.15, -0.1) is 5.10 Å². The van der Waals surface area contributed by atoms with Gasteiger partial charge >= 0.3 is 0 Å². The monoisotopic (exact) mass is 585 g/mol. The van der Waals surface area contributed by atoms with Crippen molar-refractivity contribution in [2.24, 2.45) is 5.92 Å². The van der Waals surface area contributed by atoms with Crippen LogP contribution >= 0.6 is 11.6 Å². The van der Waals surface area contributed by atoms with E-state index in [4.69, 9.17) is 21.1 Å². The molecule has 1 saturated heterocycles. The zero-order valence-electron chi connectivity index (χ0n) is 21.7. The Morgan fingerprint density at radius 1 is 1.07 bits per heavy atom. The van der Waals surface area contributed by atoms with E-state index >= 15 is 0 Å². The molecule has 9 nitrogen and oxygen atoms in total. The van der Waals surface area contributed by atoms with Crippen LogP contribution in [0.3, 0.4) is 0 Å².